The summed E-state index contributed by atoms with van der Waals surface area (Å²) in [6.07, 6.45) is 4.91. The van der Waals surface area contributed by atoms with Gasteiger partial charge in [0.2, 0.25) is 0 Å². The van der Waals surface area contributed by atoms with Crippen LogP contribution in [0.1, 0.15) is 42.9 Å². The Morgan fingerprint density at radius 3 is 2.21 bits per heavy atom. The zero-order chi connectivity index (χ0) is 13.2. The number of benzene rings is 1. The first-order valence-electron chi connectivity index (χ1n) is 7.19. The summed E-state index contributed by atoms with van der Waals surface area (Å²) < 4.78 is 0. The highest BCUT2D eigenvalue weighted by Crippen LogP contribution is 2.44. The normalized spacial score (nSPS) is 20.3. The van der Waals surface area contributed by atoms with Crippen LogP contribution >= 0.6 is 0 Å². The molecule has 0 aliphatic heterocycles. The summed E-state index contributed by atoms with van der Waals surface area (Å²) >= 11 is 0. The van der Waals surface area contributed by atoms with Gasteiger partial charge in [0.15, 0.2) is 0 Å². The third-order valence-corrected chi connectivity index (χ3v) is 4.23. The largest absolute Gasteiger partial charge is 0.387 e. The number of aliphatic hydroxyl groups excluding tert-OH is 1. The molecule has 3 nitrogen and oxygen atoms in total. The first-order chi connectivity index (χ1) is 9.28. The minimum atomic E-state index is -0.479. The monoisotopic (exact) mass is 256 g/mol. The van der Waals surface area contributed by atoms with Gasteiger partial charge in [-0.05, 0) is 55.2 Å². The van der Waals surface area contributed by atoms with Crippen molar-refractivity contribution in [1.29, 1.82) is 5.26 Å². The van der Waals surface area contributed by atoms with E-state index in [9.17, 15) is 5.11 Å². The highest BCUT2D eigenvalue weighted by molar-refractivity contribution is 5.32. The lowest BCUT2D eigenvalue weighted by Crippen LogP contribution is -2.36. The van der Waals surface area contributed by atoms with Crippen LogP contribution in [0.4, 0.5) is 0 Å². The van der Waals surface area contributed by atoms with Crippen LogP contribution in [0.2, 0.25) is 0 Å². The van der Waals surface area contributed by atoms with Crippen LogP contribution in [0.15, 0.2) is 24.3 Å². The minimum Gasteiger partial charge on any atom is -0.387 e. The Kier molecular flexibility index (Phi) is 3.54. The van der Waals surface area contributed by atoms with Crippen LogP contribution in [-0.2, 0) is 0 Å². The van der Waals surface area contributed by atoms with Crippen molar-refractivity contribution in [2.45, 2.75) is 37.8 Å². The molecule has 3 rings (SSSR count). The number of hydrogen-bond acceptors (Lipinski definition) is 3. The number of nitrogens with one attached hydrogen (secondary N) is 1. The zero-order valence-electron chi connectivity index (χ0n) is 11.0. The standard InChI is InChI=1S/C16H20N2O/c17-9-11-1-3-12(4-2-11)15(19)10-18-16(13-5-6-13)14-7-8-14/h1-4,13-16,18-19H,5-8,10H2. The van der Waals surface area contributed by atoms with E-state index in [1.807, 2.05) is 12.1 Å². The van der Waals surface area contributed by atoms with E-state index in [1.165, 1.54) is 25.7 Å². The van der Waals surface area contributed by atoms with Gasteiger partial charge >= 0.3 is 0 Å². The van der Waals surface area contributed by atoms with Gasteiger partial charge in [-0.2, -0.15) is 5.26 Å². The van der Waals surface area contributed by atoms with Crippen LogP contribution in [0.25, 0.3) is 0 Å². The highest BCUT2D eigenvalue weighted by Gasteiger charge is 2.41. The average Bonchev–Trinajstić information content (AvgIpc) is 3.31. The van der Waals surface area contributed by atoms with Crippen LogP contribution in [0.3, 0.4) is 0 Å². The Labute approximate surface area is 114 Å². The molecule has 0 bridgehead atoms. The molecule has 2 aliphatic carbocycles. The molecule has 3 heteroatoms. The minimum absolute atomic E-state index is 0.479. The van der Waals surface area contributed by atoms with E-state index in [1.54, 1.807) is 12.1 Å². The van der Waals surface area contributed by atoms with Crippen molar-refractivity contribution in [3.05, 3.63) is 35.4 Å². The van der Waals surface area contributed by atoms with Crippen molar-refractivity contribution >= 4 is 0 Å². The maximum atomic E-state index is 10.2. The molecule has 1 unspecified atom stereocenters. The molecule has 0 radical (unpaired) electrons. The summed E-state index contributed by atoms with van der Waals surface area (Å²) in [5.74, 6) is 1.70. The number of nitriles is 1. The van der Waals surface area contributed by atoms with E-state index in [2.05, 4.69) is 11.4 Å². The molecule has 0 aromatic heterocycles. The van der Waals surface area contributed by atoms with Crippen LogP contribution in [0.5, 0.6) is 0 Å². The lowest BCUT2D eigenvalue weighted by molar-refractivity contribution is 0.165. The predicted molar refractivity (Wildman–Crippen MR) is 73.4 cm³/mol. The van der Waals surface area contributed by atoms with Crippen LogP contribution in [-0.4, -0.2) is 17.7 Å². The molecular formula is C16H20N2O. The summed E-state index contributed by atoms with van der Waals surface area (Å²) in [6, 6.07) is 9.92. The van der Waals surface area contributed by atoms with Crippen molar-refractivity contribution in [3.8, 4) is 6.07 Å². The fourth-order valence-electron chi connectivity index (χ4n) is 2.77. The molecule has 2 fully saturated rings. The molecule has 1 aromatic rings. The number of rotatable bonds is 6. The molecule has 1 aromatic carbocycles. The van der Waals surface area contributed by atoms with Crippen LogP contribution in [0, 0.1) is 23.2 Å². The summed E-state index contributed by atoms with van der Waals surface area (Å²) in [4.78, 5) is 0. The Balaban J connectivity index is 1.54. The highest BCUT2D eigenvalue weighted by atomic mass is 16.3. The molecule has 1 atom stereocenters. The van der Waals surface area contributed by atoms with Crippen molar-refractivity contribution < 1.29 is 5.11 Å². The molecule has 19 heavy (non-hydrogen) atoms. The average molecular weight is 256 g/mol. The van der Waals surface area contributed by atoms with E-state index < -0.39 is 6.10 Å². The van der Waals surface area contributed by atoms with Gasteiger partial charge < -0.3 is 10.4 Å². The van der Waals surface area contributed by atoms with Gasteiger partial charge in [0.25, 0.3) is 0 Å². The number of aliphatic hydroxyl groups is 1. The lowest BCUT2D eigenvalue weighted by atomic mass is 10.0. The third kappa shape index (κ3) is 3.15. The smallest absolute Gasteiger partial charge is 0.0991 e. The second-order valence-corrected chi connectivity index (χ2v) is 5.86. The van der Waals surface area contributed by atoms with Crippen molar-refractivity contribution in [2.75, 3.05) is 6.54 Å². The van der Waals surface area contributed by atoms with E-state index in [4.69, 9.17) is 5.26 Å². The van der Waals surface area contributed by atoms with Gasteiger partial charge in [-0.25, -0.2) is 0 Å². The molecule has 2 saturated carbocycles. The van der Waals surface area contributed by atoms with Gasteiger partial charge in [-0.1, -0.05) is 12.1 Å². The molecule has 2 N–H and O–H groups in total. The molecule has 100 valence electrons. The fraction of sp³-hybridized carbons (Fsp3) is 0.562. The summed E-state index contributed by atoms with van der Waals surface area (Å²) in [5.41, 5.74) is 1.52. The maximum absolute atomic E-state index is 10.2. The predicted octanol–water partition coefficient (Wildman–Crippen LogP) is 2.37. The SMILES string of the molecule is N#Cc1ccc(C(O)CNC(C2CC2)C2CC2)cc1. The Morgan fingerprint density at radius 2 is 1.74 bits per heavy atom. The summed E-state index contributed by atoms with van der Waals surface area (Å²) in [6.45, 7) is 0.615. The van der Waals surface area contributed by atoms with Gasteiger partial charge in [-0.3, -0.25) is 0 Å². The van der Waals surface area contributed by atoms with Gasteiger partial charge in [-0.15, -0.1) is 0 Å². The summed E-state index contributed by atoms with van der Waals surface area (Å²) in [5, 5.41) is 22.5. The lowest BCUT2D eigenvalue weighted by Gasteiger charge is -2.20. The quantitative estimate of drug-likeness (QED) is 0.821. The number of nitrogens with zero attached hydrogens (tertiary/aromatic N) is 1. The maximum Gasteiger partial charge on any atom is 0.0991 e. The second-order valence-electron chi connectivity index (χ2n) is 5.86. The van der Waals surface area contributed by atoms with Gasteiger partial charge in [0, 0.05) is 12.6 Å². The van der Waals surface area contributed by atoms with E-state index in [0.29, 0.717) is 18.2 Å². The fourth-order valence-corrected chi connectivity index (χ4v) is 2.77. The summed E-state index contributed by atoms with van der Waals surface area (Å²) in [7, 11) is 0. The van der Waals surface area contributed by atoms with Crippen molar-refractivity contribution in [3.63, 3.8) is 0 Å². The second kappa shape index (κ2) is 5.32. The molecule has 0 saturated heterocycles. The molecule has 2 aliphatic rings. The zero-order valence-corrected chi connectivity index (χ0v) is 11.0. The molecular weight excluding hydrogens is 236 g/mol. The van der Waals surface area contributed by atoms with E-state index in [-0.39, 0.29) is 0 Å². The first kappa shape index (κ1) is 12.7. The van der Waals surface area contributed by atoms with E-state index >= 15 is 0 Å². The van der Waals surface area contributed by atoms with E-state index in [0.717, 1.165) is 17.4 Å². The Bertz CT molecular complexity index is 457. The number of hydrogen-bond donors (Lipinski definition) is 2. The third-order valence-electron chi connectivity index (χ3n) is 4.23. The van der Waals surface area contributed by atoms with Crippen molar-refractivity contribution in [2.24, 2.45) is 11.8 Å². The molecule has 0 heterocycles. The molecule has 0 spiro atoms. The van der Waals surface area contributed by atoms with Gasteiger partial charge in [0.05, 0.1) is 17.7 Å². The Morgan fingerprint density at radius 1 is 1.16 bits per heavy atom. The van der Waals surface area contributed by atoms with Gasteiger partial charge in [0.1, 0.15) is 0 Å². The van der Waals surface area contributed by atoms with Crippen molar-refractivity contribution in [1.82, 2.24) is 5.32 Å². The first-order valence-corrected chi connectivity index (χ1v) is 7.19. The van der Waals surface area contributed by atoms with Crippen LogP contribution < -0.4 is 5.32 Å². The topological polar surface area (TPSA) is 56.0 Å². The Hall–Kier alpha value is -1.37. The molecule has 0 amide bonds.